The number of hydrogen-bond donors (Lipinski definition) is 1. The largest absolute Gasteiger partial charge is 0.325 e. The molecule has 0 radical (unpaired) electrons. The lowest BCUT2D eigenvalue weighted by molar-refractivity contribution is 0.201. The fourth-order valence-corrected chi connectivity index (χ4v) is 1.30. The summed E-state index contributed by atoms with van der Waals surface area (Å²) in [6.07, 6.45) is 0.612. The minimum absolute atomic E-state index is 0. The molecule has 0 aromatic rings. The zero-order valence-corrected chi connectivity index (χ0v) is 7.38. The maximum Gasteiger partial charge on any atom is 0.116 e. The van der Waals surface area contributed by atoms with Crippen molar-refractivity contribution in [2.75, 3.05) is 0 Å². The Morgan fingerprint density at radius 1 is 1.50 bits per heavy atom. The third-order valence-electron chi connectivity index (χ3n) is 2.01. The highest BCUT2D eigenvalue weighted by atomic mass is 35.5. The Labute approximate surface area is 76.4 Å². The standard InChI is InChI=1S/C6H11FN4.ClH/c7-5-3-4(10-11-9)1-2-6(5)8;/h4-6H,1-3,8H2;1H/t4-,5-,6-;/m0./s1. The molecule has 2 N–H and O–H groups in total. The third-order valence-corrected chi connectivity index (χ3v) is 2.01. The fraction of sp³-hybridized carbons (Fsp3) is 1.00. The monoisotopic (exact) mass is 194 g/mol. The second kappa shape index (κ2) is 5.19. The highest BCUT2D eigenvalue weighted by Crippen LogP contribution is 2.22. The molecule has 1 fully saturated rings. The first-order chi connectivity index (χ1) is 5.24. The molecule has 0 bridgehead atoms. The number of hydrogen-bond acceptors (Lipinski definition) is 2. The summed E-state index contributed by atoms with van der Waals surface area (Å²) in [6.45, 7) is 0. The predicted molar refractivity (Wildman–Crippen MR) is 46.9 cm³/mol. The summed E-state index contributed by atoms with van der Waals surface area (Å²) in [5, 5.41) is 3.45. The zero-order valence-electron chi connectivity index (χ0n) is 6.56. The molecule has 1 rings (SSSR count). The third kappa shape index (κ3) is 2.85. The van der Waals surface area contributed by atoms with E-state index < -0.39 is 6.17 Å². The molecule has 1 aliphatic carbocycles. The Balaban J connectivity index is 0.00000121. The van der Waals surface area contributed by atoms with E-state index in [4.69, 9.17) is 11.3 Å². The summed E-state index contributed by atoms with van der Waals surface area (Å²) in [7, 11) is 0. The van der Waals surface area contributed by atoms with Crippen LogP contribution in [-0.4, -0.2) is 18.3 Å². The molecule has 4 nitrogen and oxygen atoms in total. The fourth-order valence-electron chi connectivity index (χ4n) is 1.30. The van der Waals surface area contributed by atoms with Gasteiger partial charge < -0.3 is 5.73 Å². The number of nitrogens with two attached hydrogens (primary N) is 1. The molecule has 0 heterocycles. The van der Waals surface area contributed by atoms with E-state index in [-0.39, 0.29) is 30.9 Å². The molecule has 1 saturated carbocycles. The molecular formula is C6H12ClFN4. The van der Waals surface area contributed by atoms with Crippen LogP contribution in [0.1, 0.15) is 19.3 Å². The lowest BCUT2D eigenvalue weighted by Crippen LogP contribution is -2.38. The Bertz CT molecular complexity index is 182. The highest BCUT2D eigenvalue weighted by molar-refractivity contribution is 5.85. The Hall–Kier alpha value is -0.510. The molecule has 0 unspecified atom stereocenters. The molecule has 6 heteroatoms. The van der Waals surface area contributed by atoms with Crippen molar-refractivity contribution in [3.05, 3.63) is 10.4 Å². The van der Waals surface area contributed by atoms with Crippen LogP contribution < -0.4 is 5.73 Å². The lowest BCUT2D eigenvalue weighted by atomic mass is 9.91. The summed E-state index contributed by atoms with van der Waals surface area (Å²) < 4.78 is 12.8. The van der Waals surface area contributed by atoms with E-state index >= 15 is 0 Å². The van der Waals surface area contributed by atoms with Gasteiger partial charge in [0.2, 0.25) is 0 Å². The van der Waals surface area contributed by atoms with Crippen molar-refractivity contribution in [2.45, 2.75) is 37.5 Å². The number of nitrogens with zero attached hydrogens (tertiary/aromatic N) is 3. The smallest absolute Gasteiger partial charge is 0.116 e. The Morgan fingerprint density at radius 3 is 2.67 bits per heavy atom. The van der Waals surface area contributed by atoms with E-state index in [1.807, 2.05) is 0 Å². The summed E-state index contributed by atoms with van der Waals surface area (Å²) in [5.74, 6) is 0. The number of rotatable bonds is 1. The van der Waals surface area contributed by atoms with Gasteiger partial charge in [-0.3, -0.25) is 0 Å². The Kier molecular flexibility index (Phi) is 4.97. The second-order valence-electron chi connectivity index (χ2n) is 2.85. The minimum atomic E-state index is -1.00. The first-order valence-corrected chi connectivity index (χ1v) is 3.68. The van der Waals surface area contributed by atoms with Crippen molar-refractivity contribution in [2.24, 2.45) is 10.8 Å². The molecule has 0 amide bonds. The van der Waals surface area contributed by atoms with Crippen molar-refractivity contribution < 1.29 is 4.39 Å². The van der Waals surface area contributed by atoms with Gasteiger partial charge >= 0.3 is 0 Å². The van der Waals surface area contributed by atoms with Gasteiger partial charge in [-0.15, -0.1) is 12.4 Å². The van der Waals surface area contributed by atoms with Gasteiger partial charge in [0.25, 0.3) is 0 Å². The first-order valence-electron chi connectivity index (χ1n) is 3.68. The van der Waals surface area contributed by atoms with Gasteiger partial charge in [0.1, 0.15) is 6.17 Å². The number of azide groups is 1. The minimum Gasteiger partial charge on any atom is -0.325 e. The van der Waals surface area contributed by atoms with Crippen LogP contribution in [0.15, 0.2) is 5.11 Å². The van der Waals surface area contributed by atoms with Crippen LogP contribution >= 0.6 is 12.4 Å². The van der Waals surface area contributed by atoms with Crippen LogP contribution in [0.25, 0.3) is 10.4 Å². The van der Waals surface area contributed by atoms with Crippen molar-refractivity contribution in [3.63, 3.8) is 0 Å². The summed E-state index contributed by atoms with van der Waals surface area (Å²) in [4.78, 5) is 2.64. The first kappa shape index (κ1) is 11.5. The van der Waals surface area contributed by atoms with Gasteiger partial charge in [0.15, 0.2) is 0 Å². The average molecular weight is 195 g/mol. The van der Waals surface area contributed by atoms with Crippen LogP contribution in [0, 0.1) is 0 Å². The number of halogens is 2. The van der Waals surface area contributed by atoms with Crippen molar-refractivity contribution in [1.29, 1.82) is 0 Å². The van der Waals surface area contributed by atoms with Gasteiger partial charge in [-0.05, 0) is 24.8 Å². The maximum absolute atomic E-state index is 12.8. The molecule has 0 aromatic heterocycles. The van der Waals surface area contributed by atoms with Crippen molar-refractivity contribution in [3.8, 4) is 0 Å². The molecular weight excluding hydrogens is 183 g/mol. The van der Waals surface area contributed by atoms with Gasteiger partial charge in [-0.25, -0.2) is 4.39 Å². The molecule has 1 aliphatic rings. The van der Waals surface area contributed by atoms with Gasteiger partial charge in [-0.2, -0.15) is 0 Å². The lowest BCUT2D eigenvalue weighted by Gasteiger charge is -2.26. The van der Waals surface area contributed by atoms with Gasteiger partial charge in [0.05, 0.1) is 0 Å². The van der Waals surface area contributed by atoms with E-state index in [1.165, 1.54) is 0 Å². The molecule has 12 heavy (non-hydrogen) atoms. The Morgan fingerprint density at radius 2 is 2.17 bits per heavy atom. The van der Waals surface area contributed by atoms with Crippen LogP contribution in [0.5, 0.6) is 0 Å². The van der Waals surface area contributed by atoms with E-state index in [9.17, 15) is 4.39 Å². The zero-order chi connectivity index (χ0) is 8.27. The highest BCUT2D eigenvalue weighted by Gasteiger charge is 2.26. The molecule has 0 aliphatic heterocycles. The van der Waals surface area contributed by atoms with E-state index in [0.29, 0.717) is 12.8 Å². The molecule has 3 atom stereocenters. The quantitative estimate of drug-likeness (QED) is 0.387. The SMILES string of the molecule is Cl.[N-]=[N+]=N[C@H]1CC[C@H](N)[C@@H](F)C1. The molecule has 70 valence electrons. The summed E-state index contributed by atoms with van der Waals surface area (Å²) in [5.41, 5.74) is 13.5. The van der Waals surface area contributed by atoms with Crippen LogP contribution in [-0.2, 0) is 0 Å². The topological polar surface area (TPSA) is 74.8 Å². The van der Waals surface area contributed by atoms with Crippen molar-refractivity contribution >= 4 is 12.4 Å². The van der Waals surface area contributed by atoms with Gasteiger partial charge in [-0.1, -0.05) is 5.11 Å². The average Bonchev–Trinajstić information content (AvgIpc) is 1.98. The summed E-state index contributed by atoms with van der Waals surface area (Å²) >= 11 is 0. The van der Waals surface area contributed by atoms with Crippen LogP contribution in [0.4, 0.5) is 4.39 Å². The van der Waals surface area contributed by atoms with Crippen molar-refractivity contribution in [1.82, 2.24) is 0 Å². The van der Waals surface area contributed by atoms with Crippen LogP contribution in [0.3, 0.4) is 0 Å². The summed E-state index contributed by atoms with van der Waals surface area (Å²) in [6, 6.07) is -0.546. The van der Waals surface area contributed by atoms with Crippen LogP contribution in [0.2, 0.25) is 0 Å². The van der Waals surface area contributed by atoms with E-state index in [1.54, 1.807) is 0 Å². The van der Waals surface area contributed by atoms with Gasteiger partial charge in [0, 0.05) is 17.0 Å². The normalized spacial score (nSPS) is 34.7. The molecule has 0 spiro atoms. The predicted octanol–water partition coefficient (Wildman–Crippen LogP) is 1.94. The van der Waals surface area contributed by atoms with E-state index in [0.717, 1.165) is 0 Å². The maximum atomic E-state index is 12.8. The number of alkyl halides is 1. The molecule has 0 aromatic carbocycles. The molecule has 0 saturated heterocycles. The second-order valence-corrected chi connectivity index (χ2v) is 2.85. The van der Waals surface area contributed by atoms with E-state index in [2.05, 4.69) is 10.0 Å².